The smallest absolute Gasteiger partial charge is 1.00 e. The molecule has 0 amide bonds. The molecule has 2 radical (unpaired) electrons. The molecular formula is C20H28Cl4Ru2+2. The fraction of sp³-hybridized carbons (Fsp3) is 0.400. The molecule has 0 saturated carbocycles. The summed E-state index contributed by atoms with van der Waals surface area (Å²) in [6.07, 6.45) is 0. The molecule has 0 saturated heterocycles. The molecule has 150 valence electrons. The molecule has 0 heterocycles. The van der Waals surface area contributed by atoms with E-state index in [2.05, 4.69) is 90.1 Å². The van der Waals surface area contributed by atoms with Crippen LogP contribution in [0.1, 0.15) is 61.8 Å². The van der Waals surface area contributed by atoms with Crippen molar-refractivity contribution in [2.24, 2.45) is 0 Å². The van der Waals surface area contributed by atoms with Crippen molar-refractivity contribution in [1.82, 2.24) is 0 Å². The minimum absolute atomic E-state index is 0. The van der Waals surface area contributed by atoms with Crippen molar-refractivity contribution in [3.8, 4) is 0 Å². The summed E-state index contributed by atoms with van der Waals surface area (Å²) in [7, 11) is 0. The molecule has 26 heavy (non-hydrogen) atoms. The molecule has 2 aromatic carbocycles. The molecule has 0 atom stereocenters. The standard InChI is InChI=1S/2C10H14.4ClH.2Ru/c2*1-8(2)10-6-4-9(3)5-7-10;;;;;;/h2*4-8H,1-3H3;4*1H;;/q;;;;;;2*+3/p-4. The van der Waals surface area contributed by atoms with Crippen molar-refractivity contribution in [2.45, 2.75) is 53.4 Å². The minimum Gasteiger partial charge on any atom is -1.00 e. The summed E-state index contributed by atoms with van der Waals surface area (Å²) in [6, 6.07) is 17.4. The molecule has 0 nitrogen and oxygen atoms in total. The Morgan fingerprint density at radius 3 is 0.808 bits per heavy atom. The van der Waals surface area contributed by atoms with E-state index in [1.54, 1.807) is 0 Å². The molecule has 0 fully saturated rings. The summed E-state index contributed by atoms with van der Waals surface area (Å²) in [5.41, 5.74) is 5.52. The topological polar surface area (TPSA) is 0 Å². The van der Waals surface area contributed by atoms with E-state index in [4.69, 9.17) is 0 Å². The first kappa shape index (κ1) is 41.3. The predicted octanol–water partition coefficient (Wildman–Crippen LogP) is -5.75. The van der Waals surface area contributed by atoms with Gasteiger partial charge in [-0.15, -0.1) is 0 Å². The zero-order valence-electron chi connectivity index (χ0n) is 16.0. The fourth-order valence-electron chi connectivity index (χ4n) is 1.90. The third-order valence-corrected chi connectivity index (χ3v) is 3.49. The first-order chi connectivity index (χ1) is 9.40. The molecule has 2 rings (SSSR count). The van der Waals surface area contributed by atoms with Crippen LogP contribution in [0, 0.1) is 13.8 Å². The number of hydrogen-bond donors (Lipinski definition) is 0. The molecule has 0 unspecified atom stereocenters. The molecule has 0 aliphatic heterocycles. The Kier molecular flexibility index (Phi) is 35.1. The SMILES string of the molecule is Cc1ccc(C(C)C)cc1.Cc1ccc(C(C)C)cc1.[Cl-].[Cl-].[Cl-].[Cl-].[Ru+3].[Ru+3]. The second-order valence-corrected chi connectivity index (χ2v) is 6.13. The van der Waals surface area contributed by atoms with E-state index < -0.39 is 0 Å². The largest absolute Gasteiger partial charge is 3.00 e. The van der Waals surface area contributed by atoms with Crippen LogP contribution in [0.2, 0.25) is 0 Å². The van der Waals surface area contributed by atoms with Crippen LogP contribution in [0.4, 0.5) is 0 Å². The van der Waals surface area contributed by atoms with Gasteiger partial charge in [0.05, 0.1) is 0 Å². The summed E-state index contributed by atoms with van der Waals surface area (Å²) >= 11 is 0. The second-order valence-electron chi connectivity index (χ2n) is 6.13. The van der Waals surface area contributed by atoms with Gasteiger partial charge < -0.3 is 49.6 Å². The van der Waals surface area contributed by atoms with Crippen LogP contribution < -0.4 is 49.6 Å². The van der Waals surface area contributed by atoms with Crippen LogP contribution in [0.25, 0.3) is 0 Å². The molecule has 0 aliphatic rings. The number of halogens is 4. The monoisotopic (exact) mass is 612 g/mol. The van der Waals surface area contributed by atoms with E-state index in [-0.39, 0.29) is 88.6 Å². The van der Waals surface area contributed by atoms with E-state index in [0.29, 0.717) is 11.8 Å². The summed E-state index contributed by atoms with van der Waals surface area (Å²) < 4.78 is 0. The van der Waals surface area contributed by atoms with Gasteiger partial charge in [-0.2, -0.15) is 0 Å². The molecule has 6 heteroatoms. The van der Waals surface area contributed by atoms with Crippen molar-refractivity contribution < 1.29 is 88.6 Å². The first-order valence-corrected chi connectivity index (χ1v) is 7.53. The van der Waals surface area contributed by atoms with Crippen LogP contribution in [0.15, 0.2) is 48.5 Å². The molecule has 0 spiro atoms. The second kappa shape index (κ2) is 22.1. The third-order valence-electron chi connectivity index (χ3n) is 3.49. The van der Waals surface area contributed by atoms with Gasteiger partial charge in [0.1, 0.15) is 0 Å². The maximum Gasteiger partial charge on any atom is 3.00 e. The molecule has 0 bridgehead atoms. The van der Waals surface area contributed by atoms with Gasteiger partial charge in [0.25, 0.3) is 0 Å². The first-order valence-electron chi connectivity index (χ1n) is 7.53. The molecule has 0 aromatic heterocycles. The van der Waals surface area contributed by atoms with Crippen molar-refractivity contribution in [2.75, 3.05) is 0 Å². The van der Waals surface area contributed by atoms with Gasteiger partial charge in [0, 0.05) is 0 Å². The Bertz CT molecular complexity index is 463. The molecule has 2 aromatic rings. The average molecular weight is 612 g/mol. The van der Waals surface area contributed by atoms with Gasteiger partial charge >= 0.3 is 39.0 Å². The van der Waals surface area contributed by atoms with E-state index >= 15 is 0 Å². The fourth-order valence-corrected chi connectivity index (χ4v) is 1.90. The maximum absolute atomic E-state index is 2.21. The normalized spacial score (nSPS) is 8.00. The van der Waals surface area contributed by atoms with Gasteiger partial charge in [0.2, 0.25) is 0 Å². The Morgan fingerprint density at radius 2 is 0.654 bits per heavy atom. The third kappa shape index (κ3) is 17.0. The van der Waals surface area contributed by atoms with Crippen molar-refractivity contribution in [1.29, 1.82) is 0 Å². The number of benzene rings is 2. The zero-order valence-corrected chi connectivity index (χ0v) is 22.5. The quantitative estimate of drug-likeness (QED) is 0.297. The van der Waals surface area contributed by atoms with Crippen LogP contribution in [0.3, 0.4) is 0 Å². The van der Waals surface area contributed by atoms with Crippen molar-refractivity contribution in [3.63, 3.8) is 0 Å². The summed E-state index contributed by atoms with van der Waals surface area (Å²) in [5.74, 6) is 1.31. The van der Waals surface area contributed by atoms with Crippen LogP contribution in [0.5, 0.6) is 0 Å². The van der Waals surface area contributed by atoms with E-state index in [1.807, 2.05) is 0 Å². The van der Waals surface area contributed by atoms with E-state index in [1.165, 1.54) is 22.3 Å². The molecule has 0 aliphatic carbocycles. The maximum atomic E-state index is 2.21. The Balaban J connectivity index is -0.0000000625. The van der Waals surface area contributed by atoms with Crippen LogP contribution in [-0.4, -0.2) is 0 Å². The van der Waals surface area contributed by atoms with E-state index in [9.17, 15) is 0 Å². The Morgan fingerprint density at radius 1 is 0.462 bits per heavy atom. The predicted molar refractivity (Wildman–Crippen MR) is 90.5 cm³/mol. The van der Waals surface area contributed by atoms with Crippen molar-refractivity contribution in [3.05, 3.63) is 70.8 Å². The van der Waals surface area contributed by atoms with Crippen molar-refractivity contribution >= 4 is 0 Å². The van der Waals surface area contributed by atoms with Gasteiger partial charge in [0.15, 0.2) is 0 Å². The summed E-state index contributed by atoms with van der Waals surface area (Å²) in [4.78, 5) is 0. The van der Waals surface area contributed by atoms with Crippen LogP contribution in [-0.2, 0) is 39.0 Å². The number of rotatable bonds is 2. The zero-order chi connectivity index (χ0) is 15.1. The average Bonchev–Trinajstić information content (AvgIpc) is 2.40. The van der Waals surface area contributed by atoms with Gasteiger partial charge in [-0.25, -0.2) is 0 Å². The number of aryl methyl sites for hydroxylation is 2. The Labute approximate surface area is 211 Å². The summed E-state index contributed by atoms with van der Waals surface area (Å²) in [6.45, 7) is 13.1. The minimum atomic E-state index is 0. The molecule has 0 N–H and O–H groups in total. The van der Waals surface area contributed by atoms with Crippen LogP contribution >= 0.6 is 0 Å². The molecular weight excluding hydrogens is 584 g/mol. The van der Waals surface area contributed by atoms with Gasteiger partial charge in [-0.3, -0.25) is 0 Å². The van der Waals surface area contributed by atoms with Gasteiger partial charge in [-0.1, -0.05) is 87.4 Å². The Hall–Kier alpha value is 0.847. The van der Waals surface area contributed by atoms with Gasteiger partial charge in [-0.05, 0) is 36.8 Å². The summed E-state index contributed by atoms with van der Waals surface area (Å²) in [5, 5.41) is 0. The van der Waals surface area contributed by atoms with E-state index in [0.717, 1.165) is 0 Å². The number of hydrogen-bond acceptors (Lipinski definition) is 0.